The molecule has 2 N–H and O–H groups in total. The van der Waals surface area contributed by atoms with Crippen LogP contribution in [0.4, 0.5) is 0 Å². The summed E-state index contributed by atoms with van der Waals surface area (Å²) in [6, 6.07) is 9.25. The minimum atomic E-state index is -0.0282. The van der Waals surface area contributed by atoms with Gasteiger partial charge in [-0.1, -0.05) is 29.8 Å². The lowest BCUT2D eigenvalue weighted by Crippen LogP contribution is -2.38. The summed E-state index contributed by atoms with van der Waals surface area (Å²) < 4.78 is 0. The number of hydrogen-bond acceptors (Lipinski definition) is 3. The van der Waals surface area contributed by atoms with Gasteiger partial charge in [-0.05, 0) is 18.6 Å². The van der Waals surface area contributed by atoms with Crippen LogP contribution < -0.4 is 10.6 Å². The highest BCUT2D eigenvalue weighted by molar-refractivity contribution is 5.94. The van der Waals surface area contributed by atoms with Gasteiger partial charge in [0.15, 0.2) is 0 Å². The molecule has 0 radical (unpaired) electrons. The van der Waals surface area contributed by atoms with Crippen molar-refractivity contribution in [1.29, 1.82) is 0 Å². The minimum Gasteiger partial charge on any atom is -0.353 e. The van der Waals surface area contributed by atoms with E-state index in [4.69, 9.17) is 0 Å². The Morgan fingerprint density at radius 1 is 1.18 bits per heavy atom. The molecule has 0 spiro atoms. The van der Waals surface area contributed by atoms with Crippen LogP contribution in [0.15, 0.2) is 42.0 Å². The molecule has 1 aliphatic heterocycles. The van der Waals surface area contributed by atoms with Crippen LogP contribution in [0.2, 0.25) is 0 Å². The highest BCUT2D eigenvalue weighted by atomic mass is 16.2. The maximum absolute atomic E-state index is 11.9. The first kappa shape index (κ1) is 16.2. The second-order valence-corrected chi connectivity index (χ2v) is 5.44. The number of benzene rings is 1. The number of carbonyl (C=O) groups excluding carboxylic acids is 2. The van der Waals surface area contributed by atoms with E-state index in [0.29, 0.717) is 18.7 Å². The van der Waals surface area contributed by atoms with Crippen molar-refractivity contribution in [2.45, 2.75) is 13.3 Å². The molecule has 118 valence electrons. The number of carbonyl (C=O) groups is 2. The summed E-state index contributed by atoms with van der Waals surface area (Å²) in [5.41, 5.74) is 1.97. The van der Waals surface area contributed by atoms with Crippen molar-refractivity contribution in [2.24, 2.45) is 0 Å². The zero-order chi connectivity index (χ0) is 15.8. The summed E-state index contributed by atoms with van der Waals surface area (Å²) in [5, 5.41) is 5.76. The molecule has 0 aliphatic carbocycles. The smallest absolute Gasteiger partial charge is 0.251 e. The predicted octanol–water partition coefficient (Wildman–Crippen LogP) is 1.18. The lowest BCUT2D eigenvalue weighted by Gasteiger charge is -2.26. The quantitative estimate of drug-likeness (QED) is 0.776. The molecule has 2 amide bonds. The van der Waals surface area contributed by atoms with Crippen molar-refractivity contribution in [1.82, 2.24) is 15.5 Å². The van der Waals surface area contributed by atoms with Gasteiger partial charge in [-0.2, -0.15) is 0 Å². The molecule has 0 bridgehead atoms. The number of amides is 2. The summed E-state index contributed by atoms with van der Waals surface area (Å²) in [7, 11) is 0. The van der Waals surface area contributed by atoms with Gasteiger partial charge in [-0.15, -0.1) is 0 Å². The van der Waals surface area contributed by atoms with Gasteiger partial charge in [0, 0.05) is 45.2 Å². The fourth-order valence-corrected chi connectivity index (χ4v) is 2.37. The molecule has 0 unspecified atom stereocenters. The third-order valence-corrected chi connectivity index (χ3v) is 3.70. The van der Waals surface area contributed by atoms with E-state index in [9.17, 15) is 9.59 Å². The van der Waals surface area contributed by atoms with Gasteiger partial charge in [0.25, 0.3) is 5.91 Å². The van der Waals surface area contributed by atoms with Crippen LogP contribution in [0.1, 0.15) is 23.7 Å². The van der Waals surface area contributed by atoms with Crippen LogP contribution in [0.5, 0.6) is 0 Å². The molecule has 0 fully saturated rings. The van der Waals surface area contributed by atoms with Crippen LogP contribution in [0, 0.1) is 0 Å². The maximum Gasteiger partial charge on any atom is 0.251 e. The molecule has 22 heavy (non-hydrogen) atoms. The fourth-order valence-electron chi connectivity index (χ4n) is 2.37. The van der Waals surface area contributed by atoms with Crippen molar-refractivity contribution < 1.29 is 9.59 Å². The molecule has 5 heteroatoms. The number of hydrogen-bond donors (Lipinski definition) is 2. The average molecular weight is 301 g/mol. The van der Waals surface area contributed by atoms with Crippen LogP contribution in [-0.4, -0.2) is 49.4 Å². The minimum absolute atomic E-state index is 0.00644. The number of nitrogens with one attached hydrogen (secondary N) is 2. The van der Waals surface area contributed by atoms with Gasteiger partial charge in [-0.3, -0.25) is 14.5 Å². The molecule has 1 heterocycles. The molecule has 0 aromatic heterocycles. The van der Waals surface area contributed by atoms with Crippen LogP contribution in [0.3, 0.4) is 0 Å². The Kier molecular flexibility index (Phi) is 6.15. The van der Waals surface area contributed by atoms with Gasteiger partial charge >= 0.3 is 0 Å². The van der Waals surface area contributed by atoms with E-state index >= 15 is 0 Å². The van der Waals surface area contributed by atoms with Crippen molar-refractivity contribution in [3.8, 4) is 0 Å². The molecular weight excluding hydrogens is 278 g/mol. The second-order valence-electron chi connectivity index (χ2n) is 5.44. The Hall–Kier alpha value is -2.14. The molecule has 1 aliphatic rings. The number of nitrogens with zero attached hydrogens (tertiary/aromatic N) is 1. The van der Waals surface area contributed by atoms with E-state index in [-0.39, 0.29) is 11.8 Å². The Labute approximate surface area is 131 Å². The van der Waals surface area contributed by atoms with Crippen molar-refractivity contribution >= 4 is 11.8 Å². The third-order valence-electron chi connectivity index (χ3n) is 3.70. The Morgan fingerprint density at radius 3 is 2.59 bits per heavy atom. The molecule has 5 nitrogen and oxygen atoms in total. The first-order valence-corrected chi connectivity index (χ1v) is 7.63. The summed E-state index contributed by atoms with van der Waals surface area (Å²) in [6.45, 7) is 5.49. The standard InChI is InChI=1S/C17H23N3O2/c1-14(21)19-13-15-7-10-20(11-8-15)12-9-18-17(22)16-5-3-2-4-6-16/h2-7H,8-13H2,1H3,(H,18,22)(H,19,21). The highest BCUT2D eigenvalue weighted by Gasteiger charge is 2.12. The van der Waals surface area contributed by atoms with E-state index in [1.807, 2.05) is 30.3 Å². The van der Waals surface area contributed by atoms with Gasteiger partial charge in [0.2, 0.25) is 5.91 Å². The van der Waals surface area contributed by atoms with Crippen molar-refractivity contribution in [3.05, 3.63) is 47.5 Å². The van der Waals surface area contributed by atoms with Crippen LogP contribution in [0.25, 0.3) is 0 Å². The SMILES string of the molecule is CC(=O)NCC1=CCN(CCNC(=O)c2ccccc2)CC1. The highest BCUT2D eigenvalue weighted by Crippen LogP contribution is 2.09. The molecule has 0 atom stereocenters. The lowest BCUT2D eigenvalue weighted by atomic mass is 10.1. The van der Waals surface area contributed by atoms with E-state index in [1.165, 1.54) is 12.5 Å². The predicted molar refractivity (Wildman–Crippen MR) is 86.6 cm³/mol. The first-order chi connectivity index (χ1) is 10.6. The van der Waals surface area contributed by atoms with Crippen molar-refractivity contribution in [2.75, 3.05) is 32.7 Å². The van der Waals surface area contributed by atoms with Gasteiger partial charge in [0.05, 0.1) is 0 Å². The Balaban J connectivity index is 1.66. The Bertz CT molecular complexity index is 540. The third kappa shape index (κ3) is 5.33. The average Bonchev–Trinajstić information content (AvgIpc) is 2.55. The topological polar surface area (TPSA) is 61.4 Å². The van der Waals surface area contributed by atoms with Gasteiger partial charge in [-0.25, -0.2) is 0 Å². The number of rotatable bonds is 6. The normalized spacial score (nSPS) is 15.0. The molecule has 1 aromatic rings. The second kappa shape index (κ2) is 8.34. The fraction of sp³-hybridized carbons (Fsp3) is 0.412. The maximum atomic E-state index is 11.9. The zero-order valence-corrected chi connectivity index (χ0v) is 13.0. The summed E-state index contributed by atoms with van der Waals surface area (Å²) >= 11 is 0. The molecule has 0 saturated carbocycles. The largest absolute Gasteiger partial charge is 0.353 e. The first-order valence-electron chi connectivity index (χ1n) is 7.63. The van der Waals surface area contributed by atoms with E-state index in [2.05, 4.69) is 21.6 Å². The van der Waals surface area contributed by atoms with Gasteiger partial charge < -0.3 is 10.6 Å². The van der Waals surface area contributed by atoms with E-state index in [1.54, 1.807) is 0 Å². The zero-order valence-electron chi connectivity index (χ0n) is 13.0. The lowest BCUT2D eigenvalue weighted by molar-refractivity contribution is -0.118. The monoisotopic (exact) mass is 301 g/mol. The molecule has 2 rings (SSSR count). The Morgan fingerprint density at radius 2 is 1.95 bits per heavy atom. The molecule has 1 aromatic carbocycles. The van der Waals surface area contributed by atoms with Gasteiger partial charge in [0.1, 0.15) is 0 Å². The van der Waals surface area contributed by atoms with Crippen molar-refractivity contribution in [3.63, 3.8) is 0 Å². The van der Waals surface area contributed by atoms with Crippen LogP contribution in [-0.2, 0) is 4.79 Å². The van der Waals surface area contributed by atoms with Crippen LogP contribution >= 0.6 is 0 Å². The summed E-state index contributed by atoms with van der Waals surface area (Å²) in [4.78, 5) is 25.1. The molecule has 0 saturated heterocycles. The van der Waals surface area contributed by atoms with E-state index in [0.717, 1.165) is 26.1 Å². The molecular formula is C17H23N3O2. The summed E-state index contributed by atoms with van der Waals surface area (Å²) in [6.07, 6.45) is 3.13. The summed E-state index contributed by atoms with van der Waals surface area (Å²) in [5.74, 6) is -0.0218. The van der Waals surface area contributed by atoms with E-state index < -0.39 is 0 Å².